The molecule has 2 unspecified atom stereocenters. The molecule has 0 aromatic heterocycles. The number of piperidine rings is 1. The summed E-state index contributed by atoms with van der Waals surface area (Å²) < 4.78 is 4.94. The molecule has 7 nitrogen and oxygen atoms in total. The molecule has 0 radical (unpaired) electrons. The zero-order valence-corrected chi connectivity index (χ0v) is 12.9. The molecule has 23 heavy (non-hydrogen) atoms. The van der Waals surface area contributed by atoms with E-state index in [1.54, 1.807) is 0 Å². The van der Waals surface area contributed by atoms with Crippen LogP contribution in [0.4, 0.5) is 0 Å². The first-order valence-corrected chi connectivity index (χ1v) is 7.29. The highest BCUT2D eigenvalue weighted by molar-refractivity contribution is 6.27. The minimum absolute atomic E-state index is 0.143. The standard InChI is InChI=1S/C14H19NO2.C2H2O4/c1-17-14(16)13(11-7-3-2-4-8-11)12-9-5-6-10-15-12;3-1(4)2(5)6/h2-4,7-8,12-13,15H,5-6,9-10H2,1H3;(H,3,4)(H,5,6). The first-order chi connectivity index (χ1) is 11.0. The van der Waals surface area contributed by atoms with Crippen molar-refractivity contribution >= 4 is 17.9 Å². The molecule has 2 atom stereocenters. The van der Waals surface area contributed by atoms with Crippen molar-refractivity contribution in [2.75, 3.05) is 13.7 Å². The SMILES string of the molecule is COC(=O)C(c1ccccc1)C1CCCCN1.O=C(O)C(=O)O. The highest BCUT2D eigenvalue weighted by Gasteiger charge is 2.31. The highest BCUT2D eigenvalue weighted by Crippen LogP contribution is 2.26. The summed E-state index contributed by atoms with van der Waals surface area (Å²) in [7, 11) is 1.46. The van der Waals surface area contributed by atoms with Crippen LogP contribution in [0, 0.1) is 0 Å². The Morgan fingerprint density at radius 1 is 1.13 bits per heavy atom. The monoisotopic (exact) mass is 323 g/mol. The number of hydrogen-bond acceptors (Lipinski definition) is 5. The number of carbonyl (C=O) groups excluding carboxylic acids is 1. The third kappa shape index (κ3) is 6.07. The fourth-order valence-electron chi connectivity index (χ4n) is 2.48. The van der Waals surface area contributed by atoms with Gasteiger partial charge in [0, 0.05) is 6.04 Å². The third-order valence-corrected chi connectivity index (χ3v) is 3.55. The number of rotatable bonds is 3. The van der Waals surface area contributed by atoms with Crippen molar-refractivity contribution in [2.24, 2.45) is 0 Å². The Labute approximate surface area is 134 Å². The zero-order valence-electron chi connectivity index (χ0n) is 12.9. The van der Waals surface area contributed by atoms with Crippen molar-refractivity contribution in [3.05, 3.63) is 35.9 Å². The number of carboxylic acid groups (broad SMARTS) is 2. The van der Waals surface area contributed by atoms with Crippen molar-refractivity contribution in [3.63, 3.8) is 0 Å². The molecule has 3 N–H and O–H groups in total. The smallest absolute Gasteiger partial charge is 0.414 e. The molecular weight excluding hydrogens is 302 g/mol. The molecule has 7 heteroatoms. The topological polar surface area (TPSA) is 113 Å². The lowest BCUT2D eigenvalue weighted by atomic mass is 9.86. The first kappa shape index (κ1) is 18.6. The van der Waals surface area contributed by atoms with E-state index in [-0.39, 0.29) is 17.9 Å². The van der Waals surface area contributed by atoms with Gasteiger partial charge in [-0.2, -0.15) is 0 Å². The molecule has 1 saturated heterocycles. The van der Waals surface area contributed by atoms with Crippen LogP contribution in [0.5, 0.6) is 0 Å². The Morgan fingerprint density at radius 2 is 1.74 bits per heavy atom. The van der Waals surface area contributed by atoms with Crippen molar-refractivity contribution in [2.45, 2.75) is 31.2 Å². The van der Waals surface area contributed by atoms with Crippen molar-refractivity contribution in [1.82, 2.24) is 5.32 Å². The normalized spacial score (nSPS) is 18.0. The third-order valence-electron chi connectivity index (χ3n) is 3.55. The van der Waals surface area contributed by atoms with Crippen LogP contribution in [-0.4, -0.2) is 47.8 Å². The number of esters is 1. The molecule has 0 aliphatic carbocycles. The molecule has 0 amide bonds. The maximum atomic E-state index is 11.9. The number of nitrogens with one attached hydrogen (secondary N) is 1. The van der Waals surface area contributed by atoms with E-state index < -0.39 is 11.9 Å². The van der Waals surface area contributed by atoms with E-state index >= 15 is 0 Å². The fourth-order valence-corrected chi connectivity index (χ4v) is 2.48. The summed E-state index contributed by atoms with van der Waals surface area (Å²) >= 11 is 0. The van der Waals surface area contributed by atoms with Crippen LogP contribution < -0.4 is 5.32 Å². The Kier molecular flexibility index (Phi) is 7.76. The number of hydrogen-bond donors (Lipinski definition) is 3. The van der Waals surface area contributed by atoms with E-state index in [4.69, 9.17) is 24.5 Å². The van der Waals surface area contributed by atoms with Gasteiger partial charge in [0.25, 0.3) is 0 Å². The number of aliphatic carboxylic acids is 2. The second-order valence-electron chi connectivity index (χ2n) is 5.08. The lowest BCUT2D eigenvalue weighted by Gasteiger charge is -2.29. The fraction of sp³-hybridized carbons (Fsp3) is 0.438. The lowest BCUT2D eigenvalue weighted by Crippen LogP contribution is -2.42. The maximum Gasteiger partial charge on any atom is 0.414 e. The molecule has 1 aromatic rings. The highest BCUT2D eigenvalue weighted by atomic mass is 16.5. The van der Waals surface area contributed by atoms with Crippen molar-refractivity contribution in [3.8, 4) is 0 Å². The summed E-state index contributed by atoms with van der Waals surface area (Å²) in [6, 6.07) is 10.1. The Bertz CT molecular complexity index is 513. The van der Waals surface area contributed by atoms with Crippen LogP contribution in [0.1, 0.15) is 30.7 Å². The van der Waals surface area contributed by atoms with Gasteiger partial charge in [-0.15, -0.1) is 0 Å². The summed E-state index contributed by atoms with van der Waals surface area (Å²) in [6.45, 7) is 0.991. The average molecular weight is 323 g/mol. The van der Waals surface area contributed by atoms with E-state index in [0.29, 0.717) is 0 Å². The molecular formula is C16H21NO6. The van der Waals surface area contributed by atoms with E-state index in [1.807, 2.05) is 30.3 Å². The Morgan fingerprint density at radius 3 is 2.17 bits per heavy atom. The van der Waals surface area contributed by atoms with Crippen LogP contribution in [0.2, 0.25) is 0 Å². The van der Waals surface area contributed by atoms with E-state index in [2.05, 4.69) is 5.32 Å². The van der Waals surface area contributed by atoms with Gasteiger partial charge in [-0.25, -0.2) is 9.59 Å². The molecule has 1 fully saturated rings. The quantitative estimate of drug-likeness (QED) is 0.566. The van der Waals surface area contributed by atoms with Gasteiger partial charge in [0.05, 0.1) is 13.0 Å². The van der Waals surface area contributed by atoms with Gasteiger partial charge in [0.2, 0.25) is 0 Å². The number of carboxylic acids is 2. The number of carbonyl (C=O) groups is 3. The summed E-state index contributed by atoms with van der Waals surface area (Å²) in [5, 5.41) is 18.2. The molecule has 0 spiro atoms. The summed E-state index contributed by atoms with van der Waals surface area (Å²) in [6.07, 6.45) is 3.41. The van der Waals surface area contributed by atoms with Crippen LogP contribution in [0.3, 0.4) is 0 Å². The van der Waals surface area contributed by atoms with E-state index in [0.717, 1.165) is 18.5 Å². The first-order valence-electron chi connectivity index (χ1n) is 7.29. The predicted octanol–water partition coefficient (Wildman–Crippen LogP) is 1.24. The van der Waals surface area contributed by atoms with Gasteiger partial charge in [-0.1, -0.05) is 36.8 Å². The van der Waals surface area contributed by atoms with Gasteiger partial charge in [-0.05, 0) is 24.9 Å². The minimum atomic E-state index is -1.82. The second kappa shape index (κ2) is 9.58. The molecule has 1 aliphatic rings. The van der Waals surface area contributed by atoms with Crippen LogP contribution in [-0.2, 0) is 19.1 Å². The van der Waals surface area contributed by atoms with Gasteiger partial charge < -0.3 is 20.3 Å². The predicted molar refractivity (Wildman–Crippen MR) is 82.1 cm³/mol. The van der Waals surface area contributed by atoms with E-state index in [1.165, 1.54) is 20.0 Å². The minimum Gasteiger partial charge on any atom is -0.473 e. The molecule has 0 bridgehead atoms. The second-order valence-corrected chi connectivity index (χ2v) is 5.08. The Hall–Kier alpha value is -2.41. The van der Waals surface area contributed by atoms with Gasteiger partial charge in [0.1, 0.15) is 0 Å². The van der Waals surface area contributed by atoms with Gasteiger partial charge in [0.15, 0.2) is 0 Å². The van der Waals surface area contributed by atoms with Crippen LogP contribution >= 0.6 is 0 Å². The number of benzene rings is 1. The average Bonchev–Trinajstić information content (AvgIpc) is 2.57. The summed E-state index contributed by atoms with van der Waals surface area (Å²) in [5.41, 5.74) is 1.04. The van der Waals surface area contributed by atoms with Gasteiger partial charge in [-0.3, -0.25) is 4.79 Å². The van der Waals surface area contributed by atoms with Crippen LogP contribution in [0.15, 0.2) is 30.3 Å². The number of methoxy groups -OCH3 is 1. The van der Waals surface area contributed by atoms with E-state index in [9.17, 15) is 4.79 Å². The summed E-state index contributed by atoms with van der Waals surface area (Å²) in [5.74, 6) is -3.97. The van der Waals surface area contributed by atoms with Crippen molar-refractivity contribution < 1.29 is 29.3 Å². The molecule has 126 valence electrons. The molecule has 2 rings (SSSR count). The lowest BCUT2D eigenvalue weighted by molar-refractivity contribution is -0.159. The molecule has 1 aliphatic heterocycles. The largest absolute Gasteiger partial charge is 0.473 e. The zero-order chi connectivity index (χ0) is 17.2. The number of ether oxygens (including phenoxy) is 1. The molecule has 1 heterocycles. The molecule has 0 saturated carbocycles. The van der Waals surface area contributed by atoms with Gasteiger partial charge >= 0.3 is 17.9 Å². The van der Waals surface area contributed by atoms with Crippen molar-refractivity contribution in [1.29, 1.82) is 0 Å². The molecule has 1 aromatic carbocycles. The maximum absolute atomic E-state index is 11.9. The summed E-state index contributed by atoms with van der Waals surface area (Å²) in [4.78, 5) is 30.1. The Balaban J connectivity index is 0.000000379. The van der Waals surface area contributed by atoms with Crippen LogP contribution in [0.25, 0.3) is 0 Å².